The molecule has 0 bridgehead atoms. The third-order valence-corrected chi connectivity index (χ3v) is 4.66. The quantitative estimate of drug-likeness (QED) is 0.381. The Kier molecular flexibility index (Phi) is 15.0. The molecule has 0 saturated heterocycles. The smallest absolute Gasteiger partial charge is 0.314 e. The van der Waals surface area contributed by atoms with Gasteiger partial charge in [-0.3, -0.25) is 9.59 Å². The SMILES string of the molecule is CCCCCCCC([CH2][Na])C(C)(C)C.O=C(O)CC(=O)O. The number of unbranched alkanes of at least 4 members (excludes halogenated alkanes) is 4. The Morgan fingerprint density at radius 1 is 1.00 bits per heavy atom. The van der Waals surface area contributed by atoms with Crippen molar-refractivity contribution in [1.82, 2.24) is 0 Å². The molecular weight excluding hydrogens is 279 g/mol. The fourth-order valence-electron chi connectivity index (χ4n) is 2.37. The van der Waals surface area contributed by atoms with Crippen LogP contribution in [0.2, 0.25) is 3.67 Å². The summed E-state index contributed by atoms with van der Waals surface area (Å²) in [5, 5.41) is 15.4. The second-order valence-corrected chi connectivity index (χ2v) is 7.45. The first-order valence-corrected chi connectivity index (χ1v) is 9.50. The molecule has 0 aliphatic rings. The van der Waals surface area contributed by atoms with Gasteiger partial charge in [-0.05, 0) is 0 Å². The maximum Gasteiger partial charge on any atom is 0.314 e. The van der Waals surface area contributed by atoms with Crippen molar-refractivity contribution in [2.24, 2.45) is 11.3 Å². The van der Waals surface area contributed by atoms with Gasteiger partial charge in [-0.15, -0.1) is 0 Å². The molecule has 1 atom stereocenters. The van der Waals surface area contributed by atoms with Crippen LogP contribution in [0.15, 0.2) is 0 Å². The summed E-state index contributed by atoms with van der Waals surface area (Å²) in [6, 6.07) is 0. The number of carboxylic acid groups (broad SMARTS) is 2. The Morgan fingerprint density at radius 2 is 1.48 bits per heavy atom. The molecule has 120 valence electrons. The van der Waals surface area contributed by atoms with Gasteiger partial charge in [0.25, 0.3) is 0 Å². The van der Waals surface area contributed by atoms with Crippen LogP contribution in [0.25, 0.3) is 0 Å². The van der Waals surface area contributed by atoms with E-state index in [1.807, 2.05) is 0 Å². The fraction of sp³-hybridized carbons (Fsp3) is 0.875. The zero-order chi connectivity index (χ0) is 16.9. The molecule has 0 aromatic rings. The van der Waals surface area contributed by atoms with Gasteiger partial charge < -0.3 is 10.2 Å². The molecule has 1 unspecified atom stereocenters. The predicted molar refractivity (Wildman–Crippen MR) is 86.8 cm³/mol. The summed E-state index contributed by atoms with van der Waals surface area (Å²) in [4.78, 5) is 18.9. The van der Waals surface area contributed by atoms with E-state index in [1.54, 1.807) is 0 Å². The van der Waals surface area contributed by atoms with Crippen LogP contribution in [-0.2, 0) is 9.59 Å². The molecule has 0 rings (SSSR count). The summed E-state index contributed by atoms with van der Waals surface area (Å²) in [5.41, 5.74) is 0.548. The van der Waals surface area contributed by atoms with Crippen LogP contribution in [0.3, 0.4) is 0 Å². The summed E-state index contributed by atoms with van der Waals surface area (Å²) >= 11 is 1.37. The van der Waals surface area contributed by atoms with Crippen LogP contribution in [0.4, 0.5) is 0 Å². The molecule has 0 radical (unpaired) electrons. The third-order valence-electron chi connectivity index (χ3n) is 3.68. The maximum absolute atomic E-state index is 9.43. The Morgan fingerprint density at radius 3 is 1.76 bits per heavy atom. The average molecular weight is 310 g/mol. The Bertz CT molecular complexity index is 272. The molecule has 0 heterocycles. The molecule has 2 N–H and O–H groups in total. The minimum Gasteiger partial charge on any atom is -0.481 e. The van der Waals surface area contributed by atoms with E-state index in [1.165, 1.54) is 70.1 Å². The van der Waals surface area contributed by atoms with E-state index in [-0.39, 0.29) is 0 Å². The standard InChI is InChI=1S/C13H27.C3H4O4.Na/c1-6-7-8-9-10-11-12(2)13(3,4)5;4-2(5)1-3(6)7;/h12H,2,6-11H2,1,3-5H3;1H2,(H,4,5)(H,6,7);. The van der Waals surface area contributed by atoms with Crippen molar-refractivity contribution < 1.29 is 19.8 Å². The summed E-state index contributed by atoms with van der Waals surface area (Å²) in [6.45, 7) is 9.50. The molecule has 0 aliphatic carbocycles. The normalized spacial score (nSPS) is 12.3. The van der Waals surface area contributed by atoms with Crippen molar-refractivity contribution in [3.8, 4) is 0 Å². The van der Waals surface area contributed by atoms with E-state index in [4.69, 9.17) is 10.2 Å². The Balaban J connectivity index is 0. The number of carboxylic acids is 2. The maximum atomic E-state index is 9.43. The van der Waals surface area contributed by atoms with Crippen LogP contribution in [0.1, 0.15) is 72.6 Å². The van der Waals surface area contributed by atoms with Crippen molar-refractivity contribution in [3.05, 3.63) is 0 Å². The van der Waals surface area contributed by atoms with Crippen LogP contribution < -0.4 is 0 Å². The first-order chi connectivity index (χ1) is 9.65. The van der Waals surface area contributed by atoms with Gasteiger partial charge in [0.05, 0.1) is 0 Å². The summed E-state index contributed by atoms with van der Waals surface area (Å²) in [6.07, 6.45) is 7.84. The number of aliphatic carboxylic acids is 2. The molecule has 0 aromatic carbocycles. The van der Waals surface area contributed by atoms with E-state index in [2.05, 4.69) is 27.7 Å². The van der Waals surface area contributed by atoms with Crippen molar-refractivity contribution >= 4 is 39.9 Å². The van der Waals surface area contributed by atoms with E-state index in [0.29, 0.717) is 5.41 Å². The third kappa shape index (κ3) is 17.9. The van der Waals surface area contributed by atoms with E-state index < -0.39 is 18.4 Å². The van der Waals surface area contributed by atoms with Crippen LogP contribution in [0, 0.1) is 11.3 Å². The molecule has 5 heteroatoms. The van der Waals surface area contributed by atoms with Crippen molar-refractivity contribution in [1.29, 1.82) is 0 Å². The molecule has 4 nitrogen and oxygen atoms in total. The average Bonchev–Trinajstić information content (AvgIpc) is 2.31. The zero-order valence-electron chi connectivity index (χ0n) is 14.4. The minimum atomic E-state index is -1.31. The molecule has 21 heavy (non-hydrogen) atoms. The zero-order valence-corrected chi connectivity index (χ0v) is 16.4. The number of carbonyl (C=O) groups is 2. The molecule has 0 aromatic heterocycles. The van der Waals surface area contributed by atoms with Crippen LogP contribution >= 0.6 is 0 Å². The van der Waals surface area contributed by atoms with E-state index in [9.17, 15) is 9.59 Å². The number of rotatable bonds is 9. The van der Waals surface area contributed by atoms with Gasteiger partial charge in [0.15, 0.2) is 0 Å². The first-order valence-electron chi connectivity index (χ1n) is 8.08. The van der Waals surface area contributed by atoms with Crippen molar-refractivity contribution in [2.45, 2.75) is 76.3 Å². The molecule has 0 fully saturated rings. The van der Waals surface area contributed by atoms with Gasteiger partial charge in [0.2, 0.25) is 0 Å². The summed E-state index contributed by atoms with van der Waals surface area (Å²) < 4.78 is 1.48. The topological polar surface area (TPSA) is 74.6 Å². The second kappa shape index (κ2) is 13.6. The van der Waals surface area contributed by atoms with Gasteiger partial charge in [0.1, 0.15) is 6.42 Å². The molecule has 0 saturated carbocycles. The van der Waals surface area contributed by atoms with E-state index in [0.717, 1.165) is 5.92 Å². The van der Waals surface area contributed by atoms with Gasteiger partial charge in [-0.25, -0.2) is 0 Å². The number of hydrogen-bond acceptors (Lipinski definition) is 2. The van der Waals surface area contributed by atoms with Crippen molar-refractivity contribution in [3.63, 3.8) is 0 Å². The minimum absolute atomic E-state index is 0.548. The van der Waals surface area contributed by atoms with Crippen molar-refractivity contribution in [2.75, 3.05) is 0 Å². The monoisotopic (exact) mass is 310 g/mol. The molecule has 0 spiro atoms. The molecule has 0 aliphatic heterocycles. The van der Waals surface area contributed by atoms with Gasteiger partial charge in [-0.1, -0.05) is 0 Å². The van der Waals surface area contributed by atoms with Gasteiger partial charge in [0, 0.05) is 0 Å². The largest absolute Gasteiger partial charge is 0.481 e. The second-order valence-electron chi connectivity index (χ2n) is 6.64. The van der Waals surface area contributed by atoms with E-state index >= 15 is 0 Å². The Hall–Kier alpha value is -0.0600. The van der Waals surface area contributed by atoms with Gasteiger partial charge >= 0.3 is 121 Å². The number of hydrogen-bond donors (Lipinski definition) is 2. The fourth-order valence-corrected chi connectivity index (χ4v) is 4.01. The van der Waals surface area contributed by atoms with Gasteiger partial charge in [-0.2, -0.15) is 0 Å². The Labute approximate surface area is 147 Å². The molecular formula is C16H31NaO4. The first kappa shape index (κ1) is 23.2. The predicted octanol–water partition coefficient (Wildman–Crippen LogP) is 4.14. The van der Waals surface area contributed by atoms with Crippen LogP contribution in [-0.4, -0.2) is 50.1 Å². The summed E-state index contributed by atoms with van der Waals surface area (Å²) in [5.74, 6) is -1.64. The summed E-state index contributed by atoms with van der Waals surface area (Å²) in [7, 11) is 0. The van der Waals surface area contributed by atoms with Crippen LogP contribution in [0.5, 0.6) is 0 Å². The molecule has 0 amide bonds.